The Morgan fingerprint density at radius 2 is 1.64 bits per heavy atom. The maximum absolute atomic E-state index is 12.2. The minimum absolute atomic E-state index is 0.0595. The van der Waals surface area contributed by atoms with Crippen LogP contribution in [0.5, 0.6) is 0 Å². The molecule has 1 aromatic carbocycles. The lowest BCUT2D eigenvalue weighted by Crippen LogP contribution is -2.41. The second kappa shape index (κ2) is 9.27. The average molecular weight is 410 g/mol. The molecule has 1 saturated carbocycles. The van der Waals surface area contributed by atoms with Crippen LogP contribution in [0, 0.1) is 5.92 Å². The number of hydrogen-bond donors (Lipinski definition) is 3. The molecule has 0 aromatic heterocycles. The lowest BCUT2D eigenvalue weighted by molar-refractivity contribution is 0.0919. The number of anilines is 1. The molecule has 0 aliphatic heterocycles. The zero-order chi connectivity index (χ0) is 20.9. The van der Waals surface area contributed by atoms with Gasteiger partial charge in [-0.15, -0.1) is 0 Å². The molecule has 7 heteroatoms. The van der Waals surface area contributed by atoms with Crippen molar-refractivity contribution in [2.45, 2.75) is 77.1 Å². The summed E-state index contributed by atoms with van der Waals surface area (Å²) < 4.78 is 26.8. The molecule has 0 spiro atoms. The molecule has 0 unspecified atom stereocenters. The number of carbonyl (C=O) groups excluding carboxylic acids is 1. The topological polar surface area (TPSA) is 87.3 Å². The first-order valence-electron chi connectivity index (χ1n) is 10.1. The third kappa shape index (κ3) is 7.09. The predicted octanol–water partition coefficient (Wildman–Crippen LogP) is 3.51. The number of amides is 1. The summed E-state index contributed by atoms with van der Waals surface area (Å²) in [6.07, 6.45) is 3.77. The average Bonchev–Trinajstić information content (AvgIpc) is 2.59. The summed E-state index contributed by atoms with van der Waals surface area (Å²) in [5.41, 5.74) is 1.39. The molecular weight excluding hydrogens is 374 g/mol. The van der Waals surface area contributed by atoms with E-state index in [-0.39, 0.29) is 22.7 Å². The number of sulfonamides is 1. The normalized spacial score (nSPS) is 20.8. The van der Waals surface area contributed by atoms with Gasteiger partial charge in [-0.1, -0.05) is 0 Å². The minimum atomic E-state index is -3.19. The number of nitrogens with one attached hydrogen (secondary N) is 3. The molecule has 3 N–H and O–H groups in total. The van der Waals surface area contributed by atoms with Gasteiger partial charge in [-0.05, 0) is 90.5 Å². The van der Waals surface area contributed by atoms with E-state index in [1.807, 2.05) is 45.0 Å². The standard InChI is InChI=1S/C21H35N3O3S/c1-15(2)28(26,27)24-19-10-6-16(7-11-19)14-22-18-12-8-17(9-13-18)20(25)23-21(3,4)5/h8-9,12-13,15-16,19,22,24H,6-7,10-11,14H2,1-5H3,(H,23,25)/t16-,19-. The fourth-order valence-corrected chi connectivity index (χ4v) is 4.24. The van der Waals surface area contributed by atoms with Crippen LogP contribution in [0.15, 0.2) is 24.3 Å². The van der Waals surface area contributed by atoms with Crippen molar-refractivity contribution in [2.75, 3.05) is 11.9 Å². The Bertz CT molecular complexity index is 744. The van der Waals surface area contributed by atoms with Crippen LogP contribution in [0.4, 0.5) is 5.69 Å². The predicted molar refractivity (Wildman–Crippen MR) is 115 cm³/mol. The summed E-state index contributed by atoms with van der Waals surface area (Å²) in [5.74, 6) is 0.463. The quantitative estimate of drug-likeness (QED) is 0.643. The van der Waals surface area contributed by atoms with Crippen molar-refractivity contribution in [2.24, 2.45) is 5.92 Å². The monoisotopic (exact) mass is 409 g/mol. The Labute approximate surface area is 169 Å². The van der Waals surface area contributed by atoms with E-state index in [9.17, 15) is 13.2 Å². The van der Waals surface area contributed by atoms with Gasteiger partial charge in [0.15, 0.2) is 0 Å². The van der Waals surface area contributed by atoms with E-state index in [1.54, 1.807) is 13.8 Å². The van der Waals surface area contributed by atoms with Crippen LogP contribution >= 0.6 is 0 Å². The van der Waals surface area contributed by atoms with Crippen molar-refractivity contribution in [1.82, 2.24) is 10.0 Å². The zero-order valence-electron chi connectivity index (χ0n) is 17.7. The molecule has 0 atom stereocenters. The summed E-state index contributed by atoms with van der Waals surface area (Å²) in [6, 6.07) is 7.59. The molecular formula is C21H35N3O3S. The number of rotatable bonds is 7. The molecule has 0 saturated heterocycles. The fourth-order valence-electron chi connectivity index (χ4n) is 3.27. The lowest BCUT2D eigenvalue weighted by Gasteiger charge is -2.29. The second-order valence-electron chi connectivity index (χ2n) is 9.09. The van der Waals surface area contributed by atoms with Crippen molar-refractivity contribution in [1.29, 1.82) is 0 Å². The van der Waals surface area contributed by atoms with Crippen LogP contribution in [-0.2, 0) is 10.0 Å². The van der Waals surface area contributed by atoms with E-state index in [0.717, 1.165) is 37.9 Å². The highest BCUT2D eigenvalue weighted by Gasteiger charge is 2.26. The summed E-state index contributed by atoms with van der Waals surface area (Å²) in [7, 11) is -3.19. The van der Waals surface area contributed by atoms with Crippen molar-refractivity contribution < 1.29 is 13.2 Å². The Morgan fingerprint density at radius 3 is 2.14 bits per heavy atom. The maximum atomic E-state index is 12.2. The van der Waals surface area contributed by atoms with E-state index in [1.165, 1.54) is 0 Å². The molecule has 2 rings (SSSR count). The molecule has 0 bridgehead atoms. The van der Waals surface area contributed by atoms with Crippen LogP contribution in [0.2, 0.25) is 0 Å². The first-order valence-corrected chi connectivity index (χ1v) is 11.7. The molecule has 1 amide bonds. The van der Waals surface area contributed by atoms with Gasteiger partial charge in [-0.3, -0.25) is 4.79 Å². The van der Waals surface area contributed by atoms with Crippen molar-refractivity contribution in [3.8, 4) is 0 Å². The molecule has 1 fully saturated rings. The first kappa shape index (κ1) is 22.7. The fraction of sp³-hybridized carbons (Fsp3) is 0.667. The van der Waals surface area contributed by atoms with Gasteiger partial charge < -0.3 is 10.6 Å². The molecule has 1 aromatic rings. The van der Waals surface area contributed by atoms with Gasteiger partial charge in [0.25, 0.3) is 5.91 Å². The van der Waals surface area contributed by atoms with Gasteiger partial charge >= 0.3 is 0 Å². The van der Waals surface area contributed by atoms with Gasteiger partial charge in [0.1, 0.15) is 0 Å². The van der Waals surface area contributed by atoms with E-state index in [2.05, 4.69) is 15.4 Å². The summed E-state index contributed by atoms with van der Waals surface area (Å²) >= 11 is 0. The van der Waals surface area contributed by atoms with E-state index < -0.39 is 10.0 Å². The zero-order valence-corrected chi connectivity index (χ0v) is 18.5. The molecule has 0 heterocycles. The maximum Gasteiger partial charge on any atom is 0.251 e. The van der Waals surface area contributed by atoms with E-state index >= 15 is 0 Å². The Kier molecular flexibility index (Phi) is 7.51. The molecule has 1 aliphatic rings. The Hall–Kier alpha value is -1.60. The van der Waals surface area contributed by atoms with Gasteiger partial charge in [-0.2, -0.15) is 0 Å². The summed E-state index contributed by atoms with van der Waals surface area (Å²) in [4.78, 5) is 12.2. The largest absolute Gasteiger partial charge is 0.385 e. The molecule has 158 valence electrons. The van der Waals surface area contributed by atoms with Gasteiger partial charge in [0, 0.05) is 29.4 Å². The Morgan fingerprint density at radius 1 is 1.07 bits per heavy atom. The first-order chi connectivity index (χ1) is 13.0. The van der Waals surface area contributed by atoms with Gasteiger partial charge in [0.05, 0.1) is 5.25 Å². The smallest absolute Gasteiger partial charge is 0.251 e. The number of benzene rings is 1. The van der Waals surface area contributed by atoms with Crippen molar-refractivity contribution in [3.05, 3.63) is 29.8 Å². The number of carbonyl (C=O) groups is 1. The highest BCUT2D eigenvalue weighted by atomic mass is 32.2. The van der Waals surface area contributed by atoms with Gasteiger partial charge in [0.2, 0.25) is 10.0 Å². The van der Waals surface area contributed by atoms with Crippen LogP contribution in [0.25, 0.3) is 0 Å². The highest BCUT2D eigenvalue weighted by molar-refractivity contribution is 7.90. The van der Waals surface area contributed by atoms with E-state index in [4.69, 9.17) is 0 Å². The summed E-state index contributed by atoms with van der Waals surface area (Å²) in [6.45, 7) is 10.2. The molecule has 1 aliphatic carbocycles. The number of hydrogen-bond acceptors (Lipinski definition) is 4. The molecule has 6 nitrogen and oxygen atoms in total. The minimum Gasteiger partial charge on any atom is -0.385 e. The molecule has 28 heavy (non-hydrogen) atoms. The highest BCUT2D eigenvalue weighted by Crippen LogP contribution is 2.25. The second-order valence-corrected chi connectivity index (χ2v) is 11.4. The van der Waals surface area contributed by atoms with E-state index in [0.29, 0.717) is 11.5 Å². The van der Waals surface area contributed by atoms with Crippen LogP contribution in [0.1, 0.15) is 70.7 Å². The molecule has 0 radical (unpaired) electrons. The SMILES string of the molecule is CC(C)S(=O)(=O)N[C@H]1CC[C@H](CNc2ccc(C(=O)NC(C)(C)C)cc2)CC1. The van der Waals surface area contributed by atoms with Gasteiger partial charge in [-0.25, -0.2) is 13.1 Å². The Balaban J connectivity index is 1.77. The van der Waals surface area contributed by atoms with Crippen LogP contribution < -0.4 is 15.4 Å². The van der Waals surface area contributed by atoms with Crippen molar-refractivity contribution >= 4 is 21.6 Å². The lowest BCUT2D eigenvalue weighted by atomic mass is 9.86. The third-order valence-corrected chi connectivity index (χ3v) is 6.93. The van der Waals surface area contributed by atoms with Crippen molar-refractivity contribution in [3.63, 3.8) is 0 Å². The van der Waals surface area contributed by atoms with Crippen LogP contribution in [-0.4, -0.2) is 37.7 Å². The summed E-state index contributed by atoms with van der Waals surface area (Å²) in [5, 5.41) is 6.01. The third-order valence-electron chi connectivity index (χ3n) is 5.03. The van der Waals surface area contributed by atoms with Crippen LogP contribution in [0.3, 0.4) is 0 Å².